The Balaban J connectivity index is 1.70. The molecule has 0 amide bonds. The van der Waals surface area contributed by atoms with E-state index in [2.05, 4.69) is 64.5 Å². The highest BCUT2D eigenvalue weighted by atomic mass is 35.5. The van der Waals surface area contributed by atoms with Crippen LogP contribution in [0.25, 0.3) is 0 Å². The van der Waals surface area contributed by atoms with E-state index in [1.807, 2.05) is 12.1 Å². The number of nitrogens with zero attached hydrogens (tertiary/aromatic N) is 2. The molecule has 3 nitrogen and oxygen atoms in total. The quantitative estimate of drug-likeness (QED) is 0.557. The molecule has 5 heteroatoms. The number of thiocarbonyl (C=S) groups is 1. The first kappa shape index (κ1) is 20.1. The van der Waals surface area contributed by atoms with Gasteiger partial charge in [0.15, 0.2) is 5.11 Å². The molecule has 2 aromatic carbocycles. The zero-order valence-electron chi connectivity index (χ0n) is 15.9. The summed E-state index contributed by atoms with van der Waals surface area (Å²) in [6, 6.07) is 19.2. The Morgan fingerprint density at radius 1 is 1.00 bits per heavy atom. The molecular weight excluding hydrogens is 374 g/mol. The molecule has 27 heavy (non-hydrogen) atoms. The summed E-state index contributed by atoms with van der Waals surface area (Å²) in [7, 11) is 0. The second-order valence-corrected chi connectivity index (χ2v) is 7.80. The van der Waals surface area contributed by atoms with Crippen molar-refractivity contribution in [3.63, 3.8) is 0 Å². The van der Waals surface area contributed by atoms with Crippen molar-refractivity contribution in [2.45, 2.75) is 25.8 Å². The fourth-order valence-electron chi connectivity index (χ4n) is 3.56. The molecule has 0 spiro atoms. The topological polar surface area (TPSA) is 18.5 Å². The maximum atomic E-state index is 6.11. The normalized spacial score (nSPS) is 16.1. The number of unbranched alkanes of at least 4 members (excludes halogenated alkanes) is 1. The smallest absolute Gasteiger partial charge is 0.169 e. The van der Waals surface area contributed by atoms with Gasteiger partial charge in [0.25, 0.3) is 0 Å². The molecule has 1 unspecified atom stereocenters. The molecule has 0 aromatic heterocycles. The fourth-order valence-corrected chi connectivity index (χ4v) is 3.97. The second-order valence-electron chi connectivity index (χ2n) is 6.97. The Labute approximate surface area is 173 Å². The van der Waals surface area contributed by atoms with E-state index >= 15 is 0 Å². The van der Waals surface area contributed by atoms with E-state index in [-0.39, 0.29) is 6.04 Å². The van der Waals surface area contributed by atoms with Crippen LogP contribution in [0.5, 0.6) is 0 Å². The fraction of sp³-hybridized carbons (Fsp3) is 0.409. The second kappa shape index (κ2) is 10.1. The lowest BCUT2D eigenvalue weighted by Crippen LogP contribution is -2.52. The van der Waals surface area contributed by atoms with Gasteiger partial charge in [-0.25, -0.2) is 0 Å². The van der Waals surface area contributed by atoms with Gasteiger partial charge in [0.2, 0.25) is 0 Å². The zero-order chi connectivity index (χ0) is 19.1. The van der Waals surface area contributed by atoms with Crippen LogP contribution >= 0.6 is 23.8 Å². The van der Waals surface area contributed by atoms with Gasteiger partial charge in [-0.1, -0.05) is 67.4 Å². The molecule has 3 rings (SSSR count). The minimum atomic E-state index is 0.243. The molecular formula is C22H28ClN3S. The standard InChI is InChI=1S/C22H28ClN3S/c1-2-3-13-24-22(27)26-16-14-25(15-17-26)21(18-7-5-4-6-8-18)19-9-11-20(23)12-10-19/h4-12,21H,2-3,13-17H2,1H3,(H,24,27). The molecule has 0 bridgehead atoms. The lowest BCUT2D eigenvalue weighted by atomic mass is 9.96. The molecule has 1 aliphatic heterocycles. The van der Waals surface area contributed by atoms with Crippen LogP contribution in [-0.2, 0) is 0 Å². The van der Waals surface area contributed by atoms with Gasteiger partial charge >= 0.3 is 0 Å². The first-order chi connectivity index (χ1) is 13.2. The Morgan fingerprint density at radius 2 is 1.63 bits per heavy atom. The molecule has 1 N–H and O–H groups in total. The molecule has 0 saturated carbocycles. The minimum absolute atomic E-state index is 0.243. The van der Waals surface area contributed by atoms with Crippen molar-refractivity contribution in [1.82, 2.24) is 15.1 Å². The van der Waals surface area contributed by atoms with Gasteiger partial charge in [-0.3, -0.25) is 4.90 Å². The van der Waals surface area contributed by atoms with Crippen LogP contribution < -0.4 is 5.32 Å². The van der Waals surface area contributed by atoms with Gasteiger partial charge in [0.1, 0.15) is 0 Å². The first-order valence-corrected chi connectivity index (χ1v) is 10.5. The Bertz CT molecular complexity index is 712. The predicted molar refractivity (Wildman–Crippen MR) is 118 cm³/mol. The average Bonchev–Trinajstić information content (AvgIpc) is 2.71. The van der Waals surface area contributed by atoms with Crippen molar-refractivity contribution in [3.8, 4) is 0 Å². The van der Waals surface area contributed by atoms with Crippen molar-refractivity contribution in [3.05, 3.63) is 70.7 Å². The summed E-state index contributed by atoms with van der Waals surface area (Å²) in [6.07, 6.45) is 2.34. The molecule has 1 heterocycles. The van der Waals surface area contributed by atoms with Gasteiger partial charge in [0.05, 0.1) is 6.04 Å². The predicted octanol–water partition coefficient (Wildman–Crippen LogP) is 4.72. The summed E-state index contributed by atoms with van der Waals surface area (Å²) in [4.78, 5) is 4.84. The highest BCUT2D eigenvalue weighted by Crippen LogP contribution is 2.30. The van der Waals surface area contributed by atoms with Gasteiger partial charge in [-0.15, -0.1) is 0 Å². The maximum Gasteiger partial charge on any atom is 0.169 e. The Hall–Kier alpha value is -1.62. The number of hydrogen-bond donors (Lipinski definition) is 1. The average molecular weight is 402 g/mol. The number of benzene rings is 2. The molecule has 0 aliphatic carbocycles. The highest BCUT2D eigenvalue weighted by molar-refractivity contribution is 7.80. The summed E-state index contributed by atoms with van der Waals surface area (Å²) >= 11 is 11.7. The third-order valence-corrected chi connectivity index (χ3v) is 5.73. The van der Waals surface area contributed by atoms with Gasteiger partial charge in [-0.05, 0) is 41.9 Å². The van der Waals surface area contributed by atoms with Gasteiger partial charge < -0.3 is 10.2 Å². The molecule has 1 fully saturated rings. The van der Waals surface area contributed by atoms with E-state index in [0.717, 1.165) is 49.3 Å². The van der Waals surface area contributed by atoms with E-state index < -0.39 is 0 Å². The summed E-state index contributed by atoms with van der Waals surface area (Å²) in [5.74, 6) is 0. The Morgan fingerprint density at radius 3 is 2.26 bits per heavy atom. The molecule has 1 atom stereocenters. The molecule has 1 saturated heterocycles. The minimum Gasteiger partial charge on any atom is -0.363 e. The van der Waals surface area contributed by atoms with Crippen LogP contribution in [0.15, 0.2) is 54.6 Å². The lowest BCUT2D eigenvalue weighted by Gasteiger charge is -2.40. The number of halogens is 1. The van der Waals surface area contributed by atoms with Crippen molar-refractivity contribution >= 4 is 28.9 Å². The lowest BCUT2D eigenvalue weighted by molar-refractivity contribution is 0.149. The third-order valence-electron chi connectivity index (χ3n) is 5.07. The van der Waals surface area contributed by atoms with Crippen molar-refractivity contribution in [1.29, 1.82) is 0 Å². The highest BCUT2D eigenvalue weighted by Gasteiger charge is 2.27. The van der Waals surface area contributed by atoms with Crippen LogP contribution in [0.4, 0.5) is 0 Å². The summed E-state index contributed by atoms with van der Waals surface area (Å²) in [5, 5.41) is 5.06. The van der Waals surface area contributed by atoms with E-state index in [9.17, 15) is 0 Å². The van der Waals surface area contributed by atoms with Crippen molar-refractivity contribution in [2.75, 3.05) is 32.7 Å². The number of rotatable bonds is 6. The van der Waals surface area contributed by atoms with Gasteiger partial charge in [-0.2, -0.15) is 0 Å². The van der Waals surface area contributed by atoms with Crippen LogP contribution in [0, 0.1) is 0 Å². The number of hydrogen-bond acceptors (Lipinski definition) is 2. The molecule has 0 radical (unpaired) electrons. The van der Waals surface area contributed by atoms with E-state index in [0.29, 0.717) is 0 Å². The number of piperazine rings is 1. The number of nitrogens with one attached hydrogen (secondary N) is 1. The van der Waals surface area contributed by atoms with Crippen molar-refractivity contribution in [2.24, 2.45) is 0 Å². The van der Waals surface area contributed by atoms with E-state index in [1.54, 1.807) is 0 Å². The third kappa shape index (κ3) is 5.44. The zero-order valence-corrected chi connectivity index (χ0v) is 17.5. The maximum absolute atomic E-state index is 6.11. The summed E-state index contributed by atoms with van der Waals surface area (Å²) in [6.45, 7) is 7.04. The van der Waals surface area contributed by atoms with Gasteiger partial charge in [0, 0.05) is 37.7 Å². The van der Waals surface area contributed by atoms with Crippen LogP contribution in [0.2, 0.25) is 5.02 Å². The first-order valence-electron chi connectivity index (χ1n) is 9.76. The van der Waals surface area contributed by atoms with E-state index in [1.165, 1.54) is 17.5 Å². The van der Waals surface area contributed by atoms with Crippen LogP contribution in [-0.4, -0.2) is 47.6 Å². The Kier molecular flexibility index (Phi) is 7.50. The molecule has 1 aliphatic rings. The molecule has 144 valence electrons. The van der Waals surface area contributed by atoms with Crippen LogP contribution in [0.1, 0.15) is 36.9 Å². The molecule has 2 aromatic rings. The SMILES string of the molecule is CCCCNC(=S)N1CCN(C(c2ccccc2)c2ccc(Cl)cc2)CC1. The van der Waals surface area contributed by atoms with E-state index in [4.69, 9.17) is 23.8 Å². The largest absolute Gasteiger partial charge is 0.363 e. The van der Waals surface area contributed by atoms with Crippen molar-refractivity contribution < 1.29 is 0 Å². The summed E-state index contributed by atoms with van der Waals surface area (Å²) < 4.78 is 0. The monoisotopic (exact) mass is 401 g/mol. The van der Waals surface area contributed by atoms with Crippen LogP contribution in [0.3, 0.4) is 0 Å². The summed E-state index contributed by atoms with van der Waals surface area (Å²) in [5.41, 5.74) is 2.60.